The van der Waals surface area contributed by atoms with Crippen LogP contribution in [0, 0.1) is 6.92 Å². The number of hydrogen-bond acceptors (Lipinski definition) is 3. The van der Waals surface area contributed by atoms with E-state index in [0.717, 1.165) is 10.0 Å². The number of nitrogens with one attached hydrogen (secondary N) is 1. The fraction of sp³-hybridized carbons (Fsp3) is 0.188. The zero-order chi connectivity index (χ0) is 15.4. The number of amides is 1. The average molecular weight is 349 g/mol. The number of aryl methyl sites for hydroxylation is 1. The van der Waals surface area contributed by atoms with Crippen LogP contribution in [-0.4, -0.2) is 12.0 Å². The third kappa shape index (κ3) is 4.23. The van der Waals surface area contributed by atoms with Gasteiger partial charge in [0, 0.05) is 11.4 Å². The van der Waals surface area contributed by atoms with Crippen LogP contribution in [0.4, 0.5) is 11.4 Å². The summed E-state index contributed by atoms with van der Waals surface area (Å²) < 4.78 is 6.50. The minimum absolute atomic E-state index is 0.216. The molecule has 1 amide bonds. The van der Waals surface area contributed by atoms with Crippen molar-refractivity contribution < 1.29 is 9.53 Å². The van der Waals surface area contributed by atoms with Crippen molar-refractivity contribution in [1.29, 1.82) is 0 Å². The van der Waals surface area contributed by atoms with Crippen molar-refractivity contribution in [3.63, 3.8) is 0 Å². The van der Waals surface area contributed by atoms with Crippen molar-refractivity contribution in [2.75, 3.05) is 11.1 Å². The molecule has 2 aromatic rings. The van der Waals surface area contributed by atoms with E-state index in [9.17, 15) is 4.79 Å². The van der Waals surface area contributed by atoms with Crippen molar-refractivity contribution >= 4 is 33.2 Å². The van der Waals surface area contributed by atoms with E-state index in [2.05, 4.69) is 21.2 Å². The van der Waals surface area contributed by atoms with Crippen molar-refractivity contribution in [2.24, 2.45) is 0 Å². The average Bonchev–Trinajstić information content (AvgIpc) is 2.44. The van der Waals surface area contributed by atoms with E-state index < -0.39 is 6.10 Å². The van der Waals surface area contributed by atoms with Crippen LogP contribution >= 0.6 is 15.9 Å². The summed E-state index contributed by atoms with van der Waals surface area (Å²) in [5.41, 5.74) is 8.07. The fourth-order valence-corrected chi connectivity index (χ4v) is 2.34. The molecule has 2 aromatic carbocycles. The molecule has 5 heteroatoms. The van der Waals surface area contributed by atoms with Crippen LogP contribution in [0.5, 0.6) is 5.75 Å². The standard InChI is InChI=1S/C16H17BrN2O2/c1-10-3-8-15(14(17)9-10)21-11(2)16(20)19-13-6-4-12(18)5-7-13/h3-9,11H,18H2,1-2H3,(H,19,20). The van der Waals surface area contributed by atoms with E-state index in [-0.39, 0.29) is 5.91 Å². The van der Waals surface area contributed by atoms with Gasteiger partial charge in [-0.05, 0) is 71.7 Å². The Morgan fingerprint density at radius 2 is 1.90 bits per heavy atom. The van der Waals surface area contributed by atoms with Gasteiger partial charge in [0.15, 0.2) is 6.10 Å². The predicted molar refractivity (Wildman–Crippen MR) is 88.5 cm³/mol. The smallest absolute Gasteiger partial charge is 0.265 e. The second kappa shape index (κ2) is 6.63. The highest BCUT2D eigenvalue weighted by Crippen LogP contribution is 2.26. The van der Waals surface area contributed by atoms with E-state index in [1.54, 1.807) is 31.2 Å². The molecule has 1 atom stereocenters. The number of ether oxygens (including phenoxy) is 1. The summed E-state index contributed by atoms with van der Waals surface area (Å²) in [7, 11) is 0. The van der Waals surface area contributed by atoms with Gasteiger partial charge in [-0.25, -0.2) is 0 Å². The summed E-state index contributed by atoms with van der Waals surface area (Å²) in [6, 6.07) is 12.7. The molecule has 0 bridgehead atoms. The molecule has 0 radical (unpaired) electrons. The molecule has 0 saturated heterocycles. The first-order chi connectivity index (χ1) is 9.95. The van der Waals surface area contributed by atoms with E-state index >= 15 is 0 Å². The van der Waals surface area contributed by atoms with E-state index in [1.165, 1.54) is 0 Å². The van der Waals surface area contributed by atoms with Crippen molar-refractivity contribution in [1.82, 2.24) is 0 Å². The van der Waals surface area contributed by atoms with E-state index in [1.807, 2.05) is 25.1 Å². The van der Waals surface area contributed by atoms with Gasteiger partial charge in [0.05, 0.1) is 4.47 Å². The van der Waals surface area contributed by atoms with Gasteiger partial charge in [0.1, 0.15) is 5.75 Å². The van der Waals surface area contributed by atoms with Crippen molar-refractivity contribution in [3.8, 4) is 5.75 Å². The van der Waals surface area contributed by atoms with Crippen LogP contribution in [0.25, 0.3) is 0 Å². The van der Waals surface area contributed by atoms with Crippen LogP contribution in [-0.2, 0) is 4.79 Å². The molecule has 0 spiro atoms. The molecule has 0 fully saturated rings. The molecule has 3 N–H and O–H groups in total. The molecule has 21 heavy (non-hydrogen) atoms. The maximum absolute atomic E-state index is 12.1. The molecule has 0 aliphatic heterocycles. The highest BCUT2D eigenvalue weighted by molar-refractivity contribution is 9.10. The molecule has 0 aromatic heterocycles. The zero-order valence-electron chi connectivity index (χ0n) is 11.9. The molecule has 110 valence electrons. The number of carbonyl (C=O) groups is 1. The van der Waals surface area contributed by atoms with Gasteiger partial charge in [-0.2, -0.15) is 0 Å². The maximum Gasteiger partial charge on any atom is 0.265 e. The van der Waals surface area contributed by atoms with Gasteiger partial charge in [-0.1, -0.05) is 6.07 Å². The third-order valence-electron chi connectivity index (χ3n) is 2.94. The topological polar surface area (TPSA) is 64.3 Å². The maximum atomic E-state index is 12.1. The minimum Gasteiger partial charge on any atom is -0.480 e. The zero-order valence-corrected chi connectivity index (χ0v) is 13.5. The van der Waals surface area contributed by atoms with E-state index in [4.69, 9.17) is 10.5 Å². The normalized spacial score (nSPS) is 11.8. The highest BCUT2D eigenvalue weighted by atomic mass is 79.9. The summed E-state index contributed by atoms with van der Waals surface area (Å²) in [6.07, 6.45) is -0.610. The number of nitrogen functional groups attached to an aromatic ring is 1. The van der Waals surface area contributed by atoms with Crippen molar-refractivity contribution in [2.45, 2.75) is 20.0 Å². The van der Waals surface area contributed by atoms with Gasteiger partial charge in [0.25, 0.3) is 5.91 Å². The lowest BCUT2D eigenvalue weighted by molar-refractivity contribution is -0.122. The first kappa shape index (κ1) is 15.4. The lowest BCUT2D eigenvalue weighted by atomic mass is 10.2. The van der Waals surface area contributed by atoms with Gasteiger partial charge in [-0.15, -0.1) is 0 Å². The molecule has 4 nitrogen and oxygen atoms in total. The number of benzene rings is 2. The summed E-state index contributed by atoms with van der Waals surface area (Å²) in [4.78, 5) is 12.1. The highest BCUT2D eigenvalue weighted by Gasteiger charge is 2.16. The fourth-order valence-electron chi connectivity index (χ4n) is 1.76. The Balaban J connectivity index is 2.00. The molecule has 0 saturated carbocycles. The SMILES string of the molecule is Cc1ccc(OC(C)C(=O)Nc2ccc(N)cc2)c(Br)c1. The summed E-state index contributed by atoms with van der Waals surface area (Å²) in [5, 5.41) is 2.79. The molecule has 0 aliphatic carbocycles. The van der Waals surface area contributed by atoms with Gasteiger partial charge < -0.3 is 15.8 Å². The van der Waals surface area contributed by atoms with Gasteiger partial charge in [-0.3, -0.25) is 4.79 Å². The molecular formula is C16H17BrN2O2. The molecule has 0 heterocycles. The number of nitrogens with two attached hydrogens (primary N) is 1. The second-order valence-corrected chi connectivity index (χ2v) is 5.66. The lowest BCUT2D eigenvalue weighted by Gasteiger charge is -2.16. The second-order valence-electron chi connectivity index (χ2n) is 4.81. The van der Waals surface area contributed by atoms with Crippen LogP contribution < -0.4 is 15.8 Å². The Morgan fingerprint density at radius 1 is 1.24 bits per heavy atom. The Hall–Kier alpha value is -2.01. The first-order valence-corrected chi connectivity index (χ1v) is 7.34. The minimum atomic E-state index is -0.610. The largest absolute Gasteiger partial charge is 0.480 e. The quantitative estimate of drug-likeness (QED) is 0.827. The van der Waals surface area contributed by atoms with E-state index in [0.29, 0.717) is 17.1 Å². The number of carbonyl (C=O) groups excluding carboxylic acids is 1. The molecule has 1 unspecified atom stereocenters. The molecular weight excluding hydrogens is 332 g/mol. The summed E-state index contributed by atoms with van der Waals surface area (Å²) in [6.45, 7) is 3.70. The van der Waals surface area contributed by atoms with Crippen LogP contribution in [0.15, 0.2) is 46.9 Å². The molecule has 2 rings (SSSR count). The summed E-state index contributed by atoms with van der Waals surface area (Å²) >= 11 is 3.43. The predicted octanol–water partition coefficient (Wildman–Crippen LogP) is 3.75. The molecule has 0 aliphatic rings. The Morgan fingerprint density at radius 3 is 2.52 bits per heavy atom. The Kier molecular flexibility index (Phi) is 4.85. The monoisotopic (exact) mass is 348 g/mol. The first-order valence-electron chi connectivity index (χ1n) is 6.55. The summed E-state index contributed by atoms with van der Waals surface area (Å²) in [5.74, 6) is 0.424. The number of hydrogen-bond donors (Lipinski definition) is 2. The van der Waals surface area contributed by atoms with Crippen molar-refractivity contribution in [3.05, 3.63) is 52.5 Å². The van der Waals surface area contributed by atoms with Gasteiger partial charge >= 0.3 is 0 Å². The Bertz CT molecular complexity index is 641. The number of halogens is 1. The van der Waals surface area contributed by atoms with Crippen LogP contribution in [0.3, 0.4) is 0 Å². The van der Waals surface area contributed by atoms with Gasteiger partial charge in [0.2, 0.25) is 0 Å². The number of anilines is 2. The van der Waals surface area contributed by atoms with Crippen LogP contribution in [0.2, 0.25) is 0 Å². The third-order valence-corrected chi connectivity index (χ3v) is 3.56. The van der Waals surface area contributed by atoms with Crippen LogP contribution in [0.1, 0.15) is 12.5 Å². The lowest BCUT2D eigenvalue weighted by Crippen LogP contribution is -2.30. The Labute approximate surface area is 132 Å². The number of rotatable bonds is 4.